The molecule has 0 saturated carbocycles. The lowest BCUT2D eigenvalue weighted by atomic mass is 10.2. The lowest BCUT2D eigenvalue weighted by molar-refractivity contribution is 0.368. The monoisotopic (exact) mass is 221 g/mol. The van der Waals surface area contributed by atoms with Gasteiger partial charge in [0.2, 0.25) is 11.7 Å². The zero-order valence-corrected chi connectivity index (χ0v) is 9.43. The van der Waals surface area contributed by atoms with Gasteiger partial charge < -0.3 is 14.7 Å². The molecule has 0 spiro atoms. The topological polar surface area (TPSA) is 78.1 Å². The molecule has 2 N–H and O–H groups in total. The third-order valence-corrected chi connectivity index (χ3v) is 2.53. The maximum atomic E-state index is 5.82. The van der Waals surface area contributed by atoms with Gasteiger partial charge >= 0.3 is 0 Å². The Bertz CT molecular complexity index is 461. The van der Waals surface area contributed by atoms with Crippen molar-refractivity contribution in [2.45, 2.75) is 32.7 Å². The lowest BCUT2D eigenvalue weighted by Gasteiger charge is -2.02. The van der Waals surface area contributed by atoms with Gasteiger partial charge in [-0.3, -0.25) is 0 Å². The minimum absolute atomic E-state index is 0.0683. The van der Waals surface area contributed by atoms with Crippen LogP contribution in [0.4, 0.5) is 0 Å². The quantitative estimate of drug-likeness (QED) is 0.853. The molecule has 0 aliphatic heterocycles. The van der Waals surface area contributed by atoms with Crippen molar-refractivity contribution >= 4 is 0 Å². The summed E-state index contributed by atoms with van der Waals surface area (Å²) in [6, 6.07) is 1.89. The van der Waals surface area contributed by atoms with E-state index in [2.05, 4.69) is 10.1 Å². The first-order chi connectivity index (χ1) is 7.70. The Kier molecular flexibility index (Phi) is 3.05. The second kappa shape index (κ2) is 4.49. The average molecular weight is 221 g/mol. The van der Waals surface area contributed by atoms with Crippen molar-refractivity contribution in [3.8, 4) is 11.4 Å². The first-order valence-corrected chi connectivity index (χ1v) is 5.33. The summed E-state index contributed by atoms with van der Waals surface area (Å²) in [6.07, 6.45) is 3.11. The molecule has 5 heteroatoms. The predicted octanol–water partition coefficient (Wildman–Crippen LogP) is 1.92. The summed E-state index contributed by atoms with van der Waals surface area (Å²) in [5, 5.41) is 3.91. The van der Waals surface area contributed by atoms with E-state index in [0.29, 0.717) is 18.1 Å². The van der Waals surface area contributed by atoms with E-state index < -0.39 is 0 Å². The largest absolute Gasteiger partial charge is 0.469 e. The standard InChI is InChI=1S/C11H15N3O2/c1-3-8(12)6-10-13-11(14-16-10)9-4-5-15-7(9)2/h4-5,8H,3,6,12H2,1-2H3. The molecule has 0 fully saturated rings. The van der Waals surface area contributed by atoms with Gasteiger partial charge in [-0.2, -0.15) is 4.98 Å². The van der Waals surface area contributed by atoms with Crippen LogP contribution >= 0.6 is 0 Å². The molecule has 1 unspecified atom stereocenters. The van der Waals surface area contributed by atoms with Crippen molar-refractivity contribution in [3.63, 3.8) is 0 Å². The van der Waals surface area contributed by atoms with Gasteiger partial charge in [0.15, 0.2) is 0 Å². The Morgan fingerprint density at radius 3 is 2.94 bits per heavy atom. The summed E-state index contributed by atoms with van der Waals surface area (Å²) in [6.45, 7) is 3.89. The van der Waals surface area contributed by atoms with Crippen molar-refractivity contribution in [1.29, 1.82) is 0 Å². The number of hydrogen-bond donors (Lipinski definition) is 1. The number of nitrogens with zero attached hydrogens (tertiary/aromatic N) is 2. The number of aryl methyl sites for hydroxylation is 1. The van der Waals surface area contributed by atoms with Crippen molar-refractivity contribution < 1.29 is 8.94 Å². The van der Waals surface area contributed by atoms with E-state index in [1.54, 1.807) is 6.26 Å². The van der Waals surface area contributed by atoms with Crippen LogP contribution in [0.1, 0.15) is 25.0 Å². The predicted molar refractivity (Wildman–Crippen MR) is 58.7 cm³/mol. The normalized spacial score (nSPS) is 12.9. The summed E-state index contributed by atoms with van der Waals surface area (Å²) >= 11 is 0. The van der Waals surface area contributed by atoms with Gasteiger partial charge in [0.05, 0.1) is 11.8 Å². The van der Waals surface area contributed by atoms with Crippen LogP contribution in [0.2, 0.25) is 0 Å². The zero-order chi connectivity index (χ0) is 11.5. The third kappa shape index (κ3) is 2.14. The van der Waals surface area contributed by atoms with Crippen molar-refractivity contribution in [2.75, 3.05) is 0 Å². The fourth-order valence-corrected chi connectivity index (χ4v) is 1.43. The first kappa shape index (κ1) is 10.9. The van der Waals surface area contributed by atoms with E-state index in [4.69, 9.17) is 14.7 Å². The molecule has 86 valence electrons. The Morgan fingerprint density at radius 1 is 1.50 bits per heavy atom. The molecule has 0 aliphatic rings. The number of aromatic nitrogens is 2. The fraction of sp³-hybridized carbons (Fsp3) is 0.455. The summed E-state index contributed by atoms with van der Waals surface area (Å²) in [4.78, 5) is 4.28. The van der Waals surface area contributed by atoms with Crippen molar-refractivity contribution in [3.05, 3.63) is 24.0 Å². The zero-order valence-electron chi connectivity index (χ0n) is 9.43. The van der Waals surface area contributed by atoms with E-state index in [-0.39, 0.29) is 6.04 Å². The smallest absolute Gasteiger partial charge is 0.228 e. The Balaban J connectivity index is 2.17. The number of hydrogen-bond acceptors (Lipinski definition) is 5. The van der Waals surface area contributed by atoms with Crippen molar-refractivity contribution in [1.82, 2.24) is 10.1 Å². The molecular weight excluding hydrogens is 206 g/mol. The molecule has 0 aliphatic carbocycles. The number of furan rings is 1. The van der Waals surface area contributed by atoms with E-state index in [9.17, 15) is 0 Å². The average Bonchev–Trinajstić information content (AvgIpc) is 2.86. The van der Waals surface area contributed by atoms with E-state index in [1.807, 2.05) is 19.9 Å². The lowest BCUT2D eigenvalue weighted by Crippen LogP contribution is -2.21. The van der Waals surface area contributed by atoms with Crippen LogP contribution in [0, 0.1) is 6.92 Å². The molecule has 16 heavy (non-hydrogen) atoms. The molecule has 0 saturated heterocycles. The molecule has 0 radical (unpaired) electrons. The van der Waals surface area contributed by atoms with Crippen LogP contribution in [0.15, 0.2) is 21.3 Å². The minimum atomic E-state index is 0.0683. The maximum absolute atomic E-state index is 5.82. The van der Waals surface area contributed by atoms with Crippen LogP contribution in [0.25, 0.3) is 11.4 Å². The van der Waals surface area contributed by atoms with E-state index in [1.165, 1.54) is 0 Å². The van der Waals surface area contributed by atoms with Crippen LogP contribution in [-0.2, 0) is 6.42 Å². The van der Waals surface area contributed by atoms with Gasteiger partial charge in [0.25, 0.3) is 0 Å². The molecule has 0 amide bonds. The summed E-state index contributed by atoms with van der Waals surface area (Å²) in [5.74, 6) is 1.92. The molecule has 2 rings (SSSR count). The molecular formula is C11H15N3O2. The number of nitrogens with two attached hydrogens (primary N) is 1. The highest BCUT2D eigenvalue weighted by atomic mass is 16.5. The minimum Gasteiger partial charge on any atom is -0.469 e. The van der Waals surface area contributed by atoms with Crippen LogP contribution in [0.3, 0.4) is 0 Å². The van der Waals surface area contributed by atoms with Crippen molar-refractivity contribution in [2.24, 2.45) is 5.73 Å². The highest BCUT2D eigenvalue weighted by Gasteiger charge is 2.14. The molecule has 2 heterocycles. The molecule has 0 aromatic carbocycles. The molecule has 5 nitrogen and oxygen atoms in total. The molecule has 2 aromatic heterocycles. The summed E-state index contributed by atoms with van der Waals surface area (Å²) < 4.78 is 10.3. The van der Waals surface area contributed by atoms with Gasteiger partial charge in [0, 0.05) is 12.5 Å². The van der Waals surface area contributed by atoms with Gasteiger partial charge in [-0.15, -0.1) is 0 Å². The molecule has 1 atom stereocenters. The molecule has 0 bridgehead atoms. The van der Waals surface area contributed by atoms with Gasteiger partial charge in [-0.25, -0.2) is 0 Å². The Hall–Kier alpha value is -1.62. The van der Waals surface area contributed by atoms with Crippen LogP contribution in [-0.4, -0.2) is 16.2 Å². The van der Waals surface area contributed by atoms with Gasteiger partial charge in [-0.05, 0) is 19.4 Å². The Morgan fingerprint density at radius 2 is 2.31 bits per heavy atom. The van der Waals surface area contributed by atoms with E-state index >= 15 is 0 Å². The summed E-state index contributed by atoms with van der Waals surface area (Å²) in [7, 11) is 0. The van der Waals surface area contributed by atoms with Crippen LogP contribution in [0.5, 0.6) is 0 Å². The van der Waals surface area contributed by atoms with Gasteiger partial charge in [-0.1, -0.05) is 12.1 Å². The first-order valence-electron chi connectivity index (χ1n) is 5.33. The Labute approximate surface area is 93.6 Å². The summed E-state index contributed by atoms with van der Waals surface area (Å²) in [5.41, 5.74) is 6.68. The highest BCUT2D eigenvalue weighted by Crippen LogP contribution is 2.21. The third-order valence-electron chi connectivity index (χ3n) is 2.53. The maximum Gasteiger partial charge on any atom is 0.228 e. The molecule has 2 aromatic rings. The second-order valence-corrected chi connectivity index (χ2v) is 3.77. The highest BCUT2D eigenvalue weighted by molar-refractivity contribution is 5.56. The fourth-order valence-electron chi connectivity index (χ4n) is 1.43. The van der Waals surface area contributed by atoms with E-state index in [0.717, 1.165) is 17.7 Å². The number of rotatable bonds is 4. The second-order valence-electron chi connectivity index (χ2n) is 3.77. The van der Waals surface area contributed by atoms with Gasteiger partial charge in [0.1, 0.15) is 5.76 Å². The van der Waals surface area contributed by atoms with Crippen LogP contribution < -0.4 is 5.73 Å². The SMILES string of the molecule is CCC(N)Cc1nc(-c2ccoc2C)no1.